The minimum atomic E-state index is 0.881. The summed E-state index contributed by atoms with van der Waals surface area (Å²) in [6.07, 6.45) is 3.59. The Morgan fingerprint density at radius 3 is 1.14 bits per heavy atom. The molecule has 0 unspecified atom stereocenters. The van der Waals surface area contributed by atoms with E-state index in [0.717, 1.165) is 30.6 Å². The van der Waals surface area contributed by atoms with Gasteiger partial charge in [-0.2, -0.15) is 0 Å². The monoisotopic (exact) mass is 470 g/mol. The number of hydrogen-bond acceptors (Lipinski definition) is 1. The lowest BCUT2D eigenvalue weighted by Gasteiger charge is -2.21. The first kappa shape index (κ1) is 23.2. The third-order valence-corrected chi connectivity index (χ3v) is 7.17. The van der Waals surface area contributed by atoms with E-state index in [1.54, 1.807) is 0 Å². The van der Waals surface area contributed by atoms with Crippen molar-refractivity contribution in [3.05, 3.63) is 172 Å². The molecule has 0 aliphatic carbocycles. The molecule has 5 rings (SSSR count). The van der Waals surface area contributed by atoms with Crippen molar-refractivity contribution in [2.24, 2.45) is 0 Å². The quantitative estimate of drug-likeness (QED) is 0.216. The van der Waals surface area contributed by atoms with Crippen LogP contribution in [0.3, 0.4) is 0 Å². The van der Waals surface area contributed by atoms with Crippen molar-refractivity contribution in [2.75, 3.05) is 0 Å². The van der Waals surface area contributed by atoms with E-state index >= 15 is 0 Å². The zero-order chi connectivity index (χ0) is 23.9. The molecule has 0 bridgehead atoms. The molecule has 0 saturated heterocycles. The van der Waals surface area contributed by atoms with Gasteiger partial charge in [-0.05, 0) is 70.2 Å². The summed E-state index contributed by atoms with van der Waals surface area (Å²) >= 11 is 5.18. The minimum absolute atomic E-state index is 0.881. The van der Waals surface area contributed by atoms with Gasteiger partial charge in [-0.15, -0.1) is 12.6 Å². The number of benzene rings is 5. The first-order valence-electron chi connectivity index (χ1n) is 12.3. The summed E-state index contributed by atoms with van der Waals surface area (Å²) in [4.78, 5) is 1.13. The van der Waals surface area contributed by atoms with Gasteiger partial charge < -0.3 is 0 Å². The van der Waals surface area contributed by atoms with Crippen LogP contribution in [0.25, 0.3) is 0 Å². The van der Waals surface area contributed by atoms with Crippen molar-refractivity contribution in [1.82, 2.24) is 0 Å². The van der Waals surface area contributed by atoms with Crippen molar-refractivity contribution < 1.29 is 0 Å². The molecule has 0 aliphatic rings. The highest BCUT2D eigenvalue weighted by atomic mass is 32.1. The molecular formula is C34H30S. The van der Waals surface area contributed by atoms with Crippen molar-refractivity contribution in [2.45, 2.75) is 30.6 Å². The van der Waals surface area contributed by atoms with E-state index in [0.29, 0.717) is 0 Å². The molecule has 0 radical (unpaired) electrons. The van der Waals surface area contributed by atoms with Gasteiger partial charge >= 0.3 is 0 Å². The Kier molecular flexibility index (Phi) is 7.46. The van der Waals surface area contributed by atoms with Crippen LogP contribution in [0.2, 0.25) is 0 Å². The molecule has 0 fully saturated rings. The van der Waals surface area contributed by atoms with Crippen LogP contribution in [0.1, 0.15) is 44.5 Å². The zero-order valence-electron chi connectivity index (χ0n) is 19.9. The molecule has 0 heterocycles. The average molecular weight is 471 g/mol. The number of thiol groups is 1. The Labute approximate surface area is 214 Å². The van der Waals surface area contributed by atoms with E-state index in [1.807, 2.05) is 0 Å². The van der Waals surface area contributed by atoms with Crippen LogP contribution in [0.5, 0.6) is 0 Å². The van der Waals surface area contributed by atoms with Crippen LogP contribution >= 0.6 is 12.6 Å². The molecule has 0 aromatic heterocycles. The van der Waals surface area contributed by atoms with Gasteiger partial charge in [0.2, 0.25) is 0 Å². The molecule has 0 saturated carbocycles. The van der Waals surface area contributed by atoms with Gasteiger partial charge in [-0.25, -0.2) is 0 Å². The topological polar surface area (TPSA) is 0 Å². The largest absolute Gasteiger partial charge is 0.143 e. The van der Waals surface area contributed by atoms with Crippen molar-refractivity contribution in [3.8, 4) is 0 Å². The lowest BCUT2D eigenvalue weighted by Crippen LogP contribution is -2.08. The summed E-state index contributed by atoms with van der Waals surface area (Å²) in [6.45, 7) is 0. The smallest absolute Gasteiger partial charge is 0.0114 e. The molecule has 0 N–H and O–H groups in total. The Morgan fingerprint density at radius 2 is 0.714 bits per heavy atom. The van der Waals surface area contributed by atoms with E-state index in [2.05, 4.69) is 127 Å². The van der Waals surface area contributed by atoms with Gasteiger partial charge in [0.25, 0.3) is 0 Å². The van der Waals surface area contributed by atoms with Crippen LogP contribution in [0.4, 0.5) is 0 Å². The molecular weight excluding hydrogens is 440 g/mol. The maximum atomic E-state index is 5.18. The second kappa shape index (κ2) is 11.3. The molecule has 0 atom stereocenters. The number of rotatable bonds is 8. The van der Waals surface area contributed by atoms with E-state index in [-0.39, 0.29) is 0 Å². The third-order valence-electron chi connectivity index (χ3n) is 6.61. The van der Waals surface area contributed by atoms with Crippen LogP contribution in [-0.4, -0.2) is 0 Å². The first-order valence-corrected chi connectivity index (χ1v) is 12.7. The SMILES string of the molecule is Sc1c(Cc2ccccc2)cc(Cc2ccccc2)c(Cc2ccccc2)c1Cc1ccccc1. The molecule has 172 valence electrons. The summed E-state index contributed by atoms with van der Waals surface area (Å²) in [6, 6.07) is 45.6. The van der Waals surface area contributed by atoms with Gasteiger partial charge in [0.15, 0.2) is 0 Å². The van der Waals surface area contributed by atoms with Crippen LogP contribution in [0.15, 0.2) is 132 Å². The van der Waals surface area contributed by atoms with Crippen molar-refractivity contribution >= 4 is 12.6 Å². The molecule has 0 nitrogen and oxygen atoms in total. The van der Waals surface area contributed by atoms with Gasteiger partial charge in [0, 0.05) is 4.90 Å². The summed E-state index contributed by atoms with van der Waals surface area (Å²) in [7, 11) is 0. The Hall–Kier alpha value is -3.55. The maximum absolute atomic E-state index is 5.18. The third kappa shape index (κ3) is 5.93. The standard InChI is InChI=1S/C34H30S/c35-34-31(22-27-15-7-2-8-16-27)25-30(21-26-13-5-1-6-14-26)32(23-28-17-9-3-10-18-28)33(34)24-29-19-11-4-12-20-29/h1-20,25,35H,21-24H2. The average Bonchev–Trinajstić information content (AvgIpc) is 2.91. The lowest BCUT2D eigenvalue weighted by molar-refractivity contribution is 0.966. The molecule has 5 aromatic rings. The molecule has 35 heavy (non-hydrogen) atoms. The van der Waals surface area contributed by atoms with Crippen LogP contribution in [0, 0.1) is 0 Å². The summed E-state index contributed by atoms with van der Waals surface area (Å²) < 4.78 is 0. The molecule has 0 aliphatic heterocycles. The normalized spacial score (nSPS) is 10.9. The maximum Gasteiger partial charge on any atom is 0.0114 e. The fourth-order valence-corrected chi connectivity index (χ4v) is 5.19. The highest BCUT2D eigenvalue weighted by Crippen LogP contribution is 2.33. The minimum Gasteiger partial charge on any atom is -0.143 e. The zero-order valence-corrected chi connectivity index (χ0v) is 20.8. The van der Waals surface area contributed by atoms with E-state index in [9.17, 15) is 0 Å². The molecule has 5 aromatic carbocycles. The first-order chi connectivity index (χ1) is 17.3. The number of hydrogen-bond donors (Lipinski definition) is 1. The van der Waals surface area contributed by atoms with Gasteiger partial charge in [-0.3, -0.25) is 0 Å². The van der Waals surface area contributed by atoms with E-state index < -0.39 is 0 Å². The fourth-order valence-electron chi connectivity index (χ4n) is 4.83. The van der Waals surface area contributed by atoms with Crippen molar-refractivity contribution in [3.63, 3.8) is 0 Å². The van der Waals surface area contributed by atoms with Gasteiger partial charge in [0.1, 0.15) is 0 Å². The lowest BCUT2D eigenvalue weighted by atomic mass is 9.86. The Morgan fingerprint density at radius 1 is 0.371 bits per heavy atom. The Balaban J connectivity index is 1.66. The van der Waals surface area contributed by atoms with Gasteiger partial charge in [0.05, 0.1) is 0 Å². The summed E-state index contributed by atoms with van der Waals surface area (Å²) in [5.74, 6) is 0. The van der Waals surface area contributed by atoms with Gasteiger partial charge in [-0.1, -0.05) is 127 Å². The second-order valence-electron chi connectivity index (χ2n) is 9.15. The summed E-state index contributed by atoms with van der Waals surface area (Å²) in [5.41, 5.74) is 10.8. The fraction of sp³-hybridized carbons (Fsp3) is 0.118. The molecule has 0 spiro atoms. The Bertz CT molecular complexity index is 1360. The predicted octanol–water partition coefficient (Wildman–Crippen LogP) is 8.34. The van der Waals surface area contributed by atoms with Crippen LogP contribution in [-0.2, 0) is 25.7 Å². The van der Waals surface area contributed by atoms with E-state index in [1.165, 1.54) is 44.5 Å². The molecule has 0 amide bonds. The highest BCUT2D eigenvalue weighted by Gasteiger charge is 2.18. The second-order valence-corrected chi connectivity index (χ2v) is 9.60. The summed E-state index contributed by atoms with van der Waals surface area (Å²) in [5, 5.41) is 0. The van der Waals surface area contributed by atoms with Crippen LogP contribution < -0.4 is 0 Å². The highest BCUT2D eigenvalue weighted by molar-refractivity contribution is 7.80. The predicted molar refractivity (Wildman–Crippen MR) is 151 cm³/mol. The van der Waals surface area contributed by atoms with Crippen molar-refractivity contribution in [1.29, 1.82) is 0 Å². The molecule has 1 heteroatoms. The van der Waals surface area contributed by atoms with E-state index in [4.69, 9.17) is 12.6 Å².